The van der Waals surface area contributed by atoms with Gasteiger partial charge in [0.2, 0.25) is 0 Å². The van der Waals surface area contributed by atoms with Gasteiger partial charge >= 0.3 is 0 Å². The van der Waals surface area contributed by atoms with Crippen molar-refractivity contribution >= 4 is 27.5 Å². The average Bonchev–Trinajstić information content (AvgIpc) is 2.34. The van der Waals surface area contributed by atoms with Gasteiger partial charge in [-0.1, -0.05) is 70.0 Å². The van der Waals surface area contributed by atoms with Crippen LogP contribution in [0.3, 0.4) is 0 Å². The predicted octanol–water partition coefficient (Wildman–Crippen LogP) is 5.16. The second-order valence-electron chi connectivity index (χ2n) is 3.80. The van der Waals surface area contributed by atoms with E-state index >= 15 is 0 Å². The third-order valence-corrected chi connectivity index (χ3v) is 3.69. The number of alkyl halides is 1. The average molecular weight is 314 g/mol. The summed E-state index contributed by atoms with van der Waals surface area (Å²) in [7, 11) is 0. The van der Waals surface area contributed by atoms with Gasteiger partial charge in [-0.25, -0.2) is 4.39 Å². The Hall–Kier alpha value is -0.860. The standard InChI is InChI=1S/C14H11BrClF/c15-12(9-10-5-2-1-3-6-10)11-7-4-8-13(16)14(11)17/h1-8,12H,9H2. The Morgan fingerprint density at radius 3 is 2.47 bits per heavy atom. The molecule has 0 saturated carbocycles. The van der Waals surface area contributed by atoms with E-state index in [-0.39, 0.29) is 15.7 Å². The summed E-state index contributed by atoms with van der Waals surface area (Å²) in [6, 6.07) is 15.0. The Balaban J connectivity index is 2.20. The highest BCUT2D eigenvalue weighted by molar-refractivity contribution is 9.09. The van der Waals surface area contributed by atoms with E-state index in [1.54, 1.807) is 18.2 Å². The second-order valence-corrected chi connectivity index (χ2v) is 5.31. The Kier molecular flexibility index (Phi) is 4.19. The van der Waals surface area contributed by atoms with E-state index in [2.05, 4.69) is 15.9 Å². The molecule has 0 bridgehead atoms. The van der Waals surface area contributed by atoms with Crippen molar-refractivity contribution in [3.05, 3.63) is 70.5 Å². The maximum atomic E-state index is 13.8. The third kappa shape index (κ3) is 3.08. The molecule has 0 amide bonds. The smallest absolute Gasteiger partial charge is 0.146 e. The van der Waals surface area contributed by atoms with Gasteiger partial charge in [0.05, 0.1) is 5.02 Å². The molecule has 0 heterocycles. The molecule has 0 spiro atoms. The summed E-state index contributed by atoms with van der Waals surface area (Å²) in [6.45, 7) is 0. The van der Waals surface area contributed by atoms with E-state index in [1.165, 1.54) is 0 Å². The van der Waals surface area contributed by atoms with Gasteiger partial charge in [-0.05, 0) is 18.1 Å². The van der Waals surface area contributed by atoms with E-state index in [0.717, 1.165) is 12.0 Å². The van der Waals surface area contributed by atoms with Gasteiger partial charge in [-0.3, -0.25) is 0 Å². The van der Waals surface area contributed by atoms with Crippen LogP contribution in [0.4, 0.5) is 4.39 Å². The highest BCUT2D eigenvalue weighted by Gasteiger charge is 2.14. The largest absolute Gasteiger partial charge is 0.205 e. The van der Waals surface area contributed by atoms with Gasteiger partial charge < -0.3 is 0 Å². The second kappa shape index (κ2) is 5.65. The van der Waals surface area contributed by atoms with Crippen LogP contribution in [0.15, 0.2) is 48.5 Å². The Morgan fingerprint density at radius 2 is 1.76 bits per heavy atom. The summed E-state index contributed by atoms with van der Waals surface area (Å²) in [5, 5.41) is 0.167. The van der Waals surface area contributed by atoms with Crippen molar-refractivity contribution in [3.8, 4) is 0 Å². The number of halogens is 3. The lowest BCUT2D eigenvalue weighted by atomic mass is 10.0. The van der Waals surface area contributed by atoms with Gasteiger partial charge in [0.25, 0.3) is 0 Å². The molecule has 1 unspecified atom stereocenters. The molecule has 2 aromatic rings. The van der Waals surface area contributed by atoms with Gasteiger partial charge in [0.15, 0.2) is 0 Å². The summed E-state index contributed by atoms with van der Waals surface area (Å²) >= 11 is 9.27. The molecule has 0 radical (unpaired) electrons. The fraction of sp³-hybridized carbons (Fsp3) is 0.143. The van der Waals surface area contributed by atoms with Crippen LogP contribution in [0, 0.1) is 5.82 Å². The zero-order chi connectivity index (χ0) is 12.3. The van der Waals surface area contributed by atoms with Crippen molar-refractivity contribution in [2.24, 2.45) is 0 Å². The normalized spacial score (nSPS) is 12.4. The zero-order valence-corrected chi connectivity index (χ0v) is 11.4. The number of benzene rings is 2. The van der Waals surface area contributed by atoms with Crippen LogP contribution in [0.25, 0.3) is 0 Å². The van der Waals surface area contributed by atoms with Crippen molar-refractivity contribution in [1.29, 1.82) is 0 Å². The summed E-state index contributed by atoms with van der Waals surface area (Å²) in [4.78, 5) is -0.0661. The molecule has 1 atom stereocenters. The van der Waals surface area contributed by atoms with Crippen molar-refractivity contribution in [2.75, 3.05) is 0 Å². The maximum Gasteiger partial charge on any atom is 0.146 e. The minimum Gasteiger partial charge on any atom is -0.205 e. The minimum atomic E-state index is -0.341. The van der Waals surface area contributed by atoms with Crippen LogP contribution in [-0.2, 0) is 6.42 Å². The number of hydrogen-bond acceptors (Lipinski definition) is 0. The molecule has 0 fully saturated rings. The monoisotopic (exact) mass is 312 g/mol. The first-order valence-electron chi connectivity index (χ1n) is 5.30. The molecular weight excluding hydrogens is 303 g/mol. The fourth-order valence-corrected chi connectivity index (χ4v) is 2.60. The lowest BCUT2D eigenvalue weighted by Crippen LogP contribution is -1.98. The lowest BCUT2D eigenvalue weighted by molar-refractivity contribution is 0.608. The molecule has 0 nitrogen and oxygen atoms in total. The minimum absolute atomic E-state index is 0.0661. The predicted molar refractivity (Wildman–Crippen MR) is 73.2 cm³/mol. The molecular formula is C14H11BrClF. The van der Waals surface area contributed by atoms with E-state index < -0.39 is 0 Å². The molecule has 0 aliphatic carbocycles. The first-order valence-corrected chi connectivity index (χ1v) is 6.59. The van der Waals surface area contributed by atoms with Crippen molar-refractivity contribution in [3.63, 3.8) is 0 Å². The zero-order valence-electron chi connectivity index (χ0n) is 9.04. The molecule has 0 N–H and O–H groups in total. The van der Waals surface area contributed by atoms with Crippen LogP contribution >= 0.6 is 27.5 Å². The van der Waals surface area contributed by atoms with Crippen molar-refractivity contribution in [2.45, 2.75) is 11.2 Å². The highest BCUT2D eigenvalue weighted by atomic mass is 79.9. The molecule has 2 rings (SSSR count). The first kappa shape index (κ1) is 12.6. The van der Waals surface area contributed by atoms with Gasteiger partial charge in [-0.2, -0.15) is 0 Å². The molecule has 17 heavy (non-hydrogen) atoms. The van der Waals surface area contributed by atoms with Crippen LogP contribution in [0.1, 0.15) is 16.0 Å². The van der Waals surface area contributed by atoms with E-state index in [4.69, 9.17) is 11.6 Å². The molecule has 0 aromatic heterocycles. The Bertz CT molecular complexity index is 499. The molecule has 0 aliphatic rings. The lowest BCUT2D eigenvalue weighted by Gasteiger charge is -2.12. The number of rotatable bonds is 3. The SMILES string of the molecule is Fc1c(Cl)cccc1C(Br)Cc1ccccc1. The van der Waals surface area contributed by atoms with Gasteiger partial charge in [-0.15, -0.1) is 0 Å². The third-order valence-electron chi connectivity index (χ3n) is 2.58. The molecule has 88 valence electrons. The molecule has 2 aromatic carbocycles. The quantitative estimate of drug-likeness (QED) is 0.687. The maximum absolute atomic E-state index is 13.8. The van der Waals surface area contributed by atoms with Crippen LogP contribution in [0.2, 0.25) is 5.02 Å². The number of hydrogen-bond donors (Lipinski definition) is 0. The summed E-state index contributed by atoms with van der Waals surface area (Å²) in [6.07, 6.45) is 0.734. The van der Waals surface area contributed by atoms with Crippen LogP contribution < -0.4 is 0 Å². The van der Waals surface area contributed by atoms with Gasteiger partial charge in [0, 0.05) is 10.4 Å². The molecule has 0 saturated heterocycles. The fourth-order valence-electron chi connectivity index (χ4n) is 1.69. The van der Waals surface area contributed by atoms with Gasteiger partial charge in [0.1, 0.15) is 5.82 Å². The van der Waals surface area contributed by atoms with Crippen molar-refractivity contribution < 1.29 is 4.39 Å². The summed E-state index contributed by atoms with van der Waals surface area (Å²) in [5.74, 6) is -0.341. The summed E-state index contributed by atoms with van der Waals surface area (Å²) < 4.78 is 13.8. The highest BCUT2D eigenvalue weighted by Crippen LogP contribution is 2.31. The van der Waals surface area contributed by atoms with Crippen LogP contribution in [0.5, 0.6) is 0 Å². The van der Waals surface area contributed by atoms with E-state index in [1.807, 2.05) is 30.3 Å². The van der Waals surface area contributed by atoms with Crippen LogP contribution in [-0.4, -0.2) is 0 Å². The first-order chi connectivity index (χ1) is 8.18. The Labute approximate surface area is 114 Å². The van der Waals surface area contributed by atoms with Crippen molar-refractivity contribution in [1.82, 2.24) is 0 Å². The van der Waals surface area contributed by atoms with E-state index in [9.17, 15) is 4.39 Å². The molecule has 0 aliphatic heterocycles. The van der Waals surface area contributed by atoms with E-state index in [0.29, 0.717) is 5.56 Å². The molecule has 3 heteroatoms. The Morgan fingerprint density at radius 1 is 1.06 bits per heavy atom. The topological polar surface area (TPSA) is 0 Å². The summed E-state index contributed by atoms with van der Waals surface area (Å²) in [5.41, 5.74) is 1.76.